The highest BCUT2D eigenvalue weighted by molar-refractivity contribution is 5.83. The van der Waals surface area contributed by atoms with Crippen LogP contribution in [-0.2, 0) is 14.3 Å². The number of nitrogens with two attached hydrogens (primary N) is 1. The molecule has 0 spiro atoms. The molecule has 1 aliphatic heterocycles. The predicted octanol–water partition coefficient (Wildman–Crippen LogP) is -1.05. The smallest absolute Gasteiger partial charge is 0.320 e. The number of carbonyl (C=O) groups excluding carboxylic acids is 2. The number of urea groups is 1. The number of hydrogen-bond acceptors (Lipinski definition) is 4. The third-order valence-electron chi connectivity index (χ3n) is 3.07. The first-order chi connectivity index (χ1) is 8.88. The van der Waals surface area contributed by atoms with Gasteiger partial charge in [0.05, 0.1) is 19.3 Å². The van der Waals surface area contributed by atoms with Crippen molar-refractivity contribution in [2.24, 2.45) is 11.7 Å². The van der Waals surface area contributed by atoms with Crippen LogP contribution in [0, 0.1) is 5.92 Å². The first-order valence-corrected chi connectivity index (χ1v) is 5.99. The molecule has 0 aliphatic carbocycles. The number of likely N-dealkylation sites (N-methyl/N-ethyl adjacent to an activating group) is 2. The third-order valence-corrected chi connectivity index (χ3v) is 3.07. The minimum atomic E-state index is -0.994. The summed E-state index contributed by atoms with van der Waals surface area (Å²) in [6.45, 7) is 2.14. The molecular weight excluding hydrogens is 254 g/mol. The van der Waals surface area contributed by atoms with E-state index >= 15 is 0 Å². The number of carboxylic acids is 1. The lowest BCUT2D eigenvalue weighted by Gasteiger charge is -2.32. The van der Waals surface area contributed by atoms with Gasteiger partial charge in [0.1, 0.15) is 12.5 Å². The Morgan fingerprint density at radius 3 is 2.47 bits per heavy atom. The van der Waals surface area contributed by atoms with E-state index in [0.717, 1.165) is 0 Å². The molecule has 1 rings (SSSR count). The van der Waals surface area contributed by atoms with Gasteiger partial charge in [-0.05, 0) is 6.92 Å². The zero-order valence-corrected chi connectivity index (χ0v) is 11.0. The van der Waals surface area contributed by atoms with Gasteiger partial charge in [0, 0.05) is 13.6 Å². The number of primary amides is 1. The van der Waals surface area contributed by atoms with Crippen molar-refractivity contribution in [1.29, 1.82) is 0 Å². The number of amides is 3. The molecular formula is C11H19N3O5. The summed E-state index contributed by atoms with van der Waals surface area (Å²) in [6.07, 6.45) is 0. The molecule has 8 nitrogen and oxygen atoms in total. The summed E-state index contributed by atoms with van der Waals surface area (Å²) in [7, 11) is 1.45. The van der Waals surface area contributed by atoms with Crippen molar-refractivity contribution in [3.8, 4) is 0 Å². The van der Waals surface area contributed by atoms with E-state index in [1.165, 1.54) is 16.8 Å². The molecule has 2 atom stereocenters. The Hall–Kier alpha value is -1.83. The van der Waals surface area contributed by atoms with Gasteiger partial charge in [-0.1, -0.05) is 0 Å². The average molecular weight is 273 g/mol. The number of aliphatic carboxylic acids is 1. The molecule has 19 heavy (non-hydrogen) atoms. The number of ether oxygens (including phenoxy) is 1. The second-order valence-corrected chi connectivity index (χ2v) is 4.44. The van der Waals surface area contributed by atoms with Crippen molar-refractivity contribution in [2.75, 3.05) is 33.4 Å². The van der Waals surface area contributed by atoms with Gasteiger partial charge in [0.2, 0.25) is 5.91 Å². The average Bonchev–Trinajstić information content (AvgIpc) is 2.78. The minimum absolute atomic E-state index is 0.0866. The largest absolute Gasteiger partial charge is 0.481 e. The number of carboxylic acid groups (broad SMARTS) is 1. The van der Waals surface area contributed by atoms with Crippen LogP contribution in [0.15, 0.2) is 0 Å². The van der Waals surface area contributed by atoms with E-state index in [4.69, 9.17) is 15.6 Å². The first kappa shape index (κ1) is 15.2. The van der Waals surface area contributed by atoms with Gasteiger partial charge in [-0.25, -0.2) is 4.79 Å². The van der Waals surface area contributed by atoms with E-state index in [1.54, 1.807) is 6.92 Å². The van der Waals surface area contributed by atoms with E-state index < -0.39 is 29.9 Å². The van der Waals surface area contributed by atoms with Crippen molar-refractivity contribution in [3.05, 3.63) is 0 Å². The molecule has 1 fully saturated rings. The summed E-state index contributed by atoms with van der Waals surface area (Å²) >= 11 is 0. The molecule has 2 unspecified atom stereocenters. The summed E-state index contributed by atoms with van der Waals surface area (Å²) in [5.74, 6) is -2.36. The van der Waals surface area contributed by atoms with Crippen LogP contribution in [0.5, 0.6) is 0 Å². The van der Waals surface area contributed by atoms with Crippen molar-refractivity contribution in [2.45, 2.75) is 13.0 Å². The lowest BCUT2D eigenvalue weighted by atomic mass is 10.0. The highest BCUT2D eigenvalue weighted by Gasteiger charge is 2.40. The lowest BCUT2D eigenvalue weighted by molar-refractivity contribution is -0.142. The van der Waals surface area contributed by atoms with E-state index in [1.807, 2.05) is 0 Å². The van der Waals surface area contributed by atoms with E-state index in [0.29, 0.717) is 6.54 Å². The highest BCUT2D eigenvalue weighted by Crippen LogP contribution is 2.21. The van der Waals surface area contributed by atoms with Crippen molar-refractivity contribution in [3.63, 3.8) is 0 Å². The van der Waals surface area contributed by atoms with Gasteiger partial charge in [0.25, 0.3) is 0 Å². The van der Waals surface area contributed by atoms with Crippen LogP contribution >= 0.6 is 0 Å². The summed E-state index contributed by atoms with van der Waals surface area (Å²) < 4.78 is 5.14. The Morgan fingerprint density at radius 2 is 2.00 bits per heavy atom. The molecule has 3 amide bonds. The van der Waals surface area contributed by atoms with Crippen LogP contribution in [0.25, 0.3) is 0 Å². The molecule has 1 heterocycles. The number of nitrogens with zero attached hydrogens (tertiary/aromatic N) is 2. The van der Waals surface area contributed by atoms with Gasteiger partial charge in [-0.2, -0.15) is 0 Å². The van der Waals surface area contributed by atoms with Crippen molar-refractivity contribution < 1.29 is 24.2 Å². The SMILES string of the molecule is CCN(C(=O)N(C)CC(N)=O)C1COCC1C(=O)O. The fourth-order valence-electron chi connectivity index (χ4n) is 2.12. The maximum absolute atomic E-state index is 12.2. The Kier molecular flexibility index (Phi) is 5.11. The Morgan fingerprint density at radius 1 is 1.37 bits per heavy atom. The fourth-order valence-corrected chi connectivity index (χ4v) is 2.12. The minimum Gasteiger partial charge on any atom is -0.481 e. The Labute approximate surface area is 111 Å². The van der Waals surface area contributed by atoms with E-state index in [-0.39, 0.29) is 19.8 Å². The zero-order valence-electron chi connectivity index (χ0n) is 11.0. The monoisotopic (exact) mass is 273 g/mol. The van der Waals surface area contributed by atoms with Gasteiger partial charge in [0.15, 0.2) is 0 Å². The fraction of sp³-hybridized carbons (Fsp3) is 0.727. The Bertz CT molecular complexity index is 373. The molecule has 1 saturated heterocycles. The summed E-state index contributed by atoms with van der Waals surface area (Å²) in [5, 5.41) is 9.09. The van der Waals surface area contributed by atoms with Gasteiger partial charge < -0.3 is 25.4 Å². The van der Waals surface area contributed by atoms with E-state index in [2.05, 4.69) is 0 Å². The van der Waals surface area contributed by atoms with Crippen LogP contribution in [0.2, 0.25) is 0 Å². The molecule has 3 N–H and O–H groups in total. The van der Waals surface area contributed by atoms with E-state index in [9.17, 15) is 14.4 Å². The van der Waals surface area contributed by atoms with Crippen LogP contribution in [0.4, 0.5) is 4.79 Å². The molecule has 0 radical (unpaired) electrons. The Balaban J connectivity index is 2.79. The highest BCUT2D eigenvalue weighted by atomic mass is 16.5. The van der Waals surface area contributed by atoms with Gasteiger partial charge >= 0.3 is 12.0 Å². The number of hydrogen-bond donors (Lipinski definition) is 2. The second-order valence-electron chi connectivity index (χ2n) is 4.44. The van der Waals surface area contributed by atoms with Crippen LogP contribution in [-0.4, -0.2) is 72.2 Å². The maximum atomic E-state index is 12.2. The summed E-state index contributed by atoms with van der Waals surface area (Å²) in [6, 6.07) is -0.951. The van der Waals surface area contributed by atoms with Crippen molar-refractivity contribution >= 4 is 17.9 Å². The molecule has 8 heteroatoms. The first-order valence-electron chi connectivity index (χ1n) is 5.99. The summed E-state index contributed by atoms with van der Waals surface area (Å²) in [4.78, 5) is 36.6. The molecule has 1 aliphatic rings. The maximum Gasteiger partial charge on any atom is 0.320 e. The second kappa shape index (κ2) is 6.37. The van der Waals surface area contributed by atoms with Crippen LogP contribution in [0.1, 0.15) is 6.92 Å². The molecule has 0 aromatic rings. The standard InChI is InChI=1S/C11H19N3O5/c1-3-14(11(18)13(2)4-9(12)15)8-6-19-5-7(8)10(16)17/h7-8H,3-6H2,1-2H3,(H2,12,15)(H,16,17). The third kappa shape index (κ3) is 3.57. The quantitative estimate of drug-likeness (QED) is 0.663. The molecule has 0 aromatic carbocycles. The van der Waals surface area contributed by atoms with Crippen LogP contribution in [0.3, 0.4) is 0 Å². The predicted molar refractivity (Wildman–Crippen MR) is 65.3 cm³/mol. The topological polar surface area (TPSA) is 113 Å². The zero-order chi connectivity index (χ0) is 14.6. The summed E-state index contributed by atoms with van der Waals surface area (Å²) in [5.41, 5.74) is 5.03. The number of carbonyl (C=O) groups is 3. The molecule has 0 saturated carbocycles. The molecule has 108 valence electrons. The van der Waals surface area contributed by atoms with Gasteiger partial charge in [-0.3, -0.25) is 9.59 Å². The lowest BCUT2D eigenvalue weighted by Crippen LogP contribution is -2.52. The van der Waals surface area contributed by atoms with Gasteiger partial charge in [-0.15, -0.1) is 0 Å². The normalized spacial score (nSPS) is 22.0. The van der Waals surface area contributed by atoms with Crippen molar-refractivity contribution in [1.82, 2.24) is 9.80 Å². The molecule has 0 aromatic heterocycles. The number of rotatable bonds is 5. The molecule has 0 bridgehead atoms. The van der Waals surface area contributed by atoms with Crippen LogP contribution < -0.4 is 5.73 Å².